The molecule has 1 fully saturated rings. The summed E-state index contributed by atoms with van der Waals surface area (Å²) >= 11 is 0. The molecule has 0 bridgehead atoms. The fourth-order valence-corrected chi connectivity index (χ4v) is 3.05. The fourth-order valence-electron chi connectivity index (χ4n) is 3.05. The van der Waals surface area contributed by atoms with Crippen LogP contribution in [-0.2, 0) is 32.0 Å². The van der Waals surface area contributed by atoms with Crippen LogP contribution in [0.3, 0.4) is 0 Å². The van der Waals surface area contributed by atoms with Crippen molar-refractivity contribution in [2.45, 2.75) is 79.1 Å². The van der Waals surface area contributed by atoms with E-state index in [1.807, 2.05) is 26.8 Å². The van der Waals surface area contributed by atoms with Crippen molar-refractivity contribution in [1.29, 1.82) is 0 Å². The van der Waals surface area contributed by atoms with Gasteiger partial charge < -0.3 is 14.2 Å². The van der Waals surface area contributed by atoms with E-state index in [4.69, 9.17) is 14.2 Å². The molecule has 26 heavy (non-hydrogen) atoms. The predicted octanol–water partition coefficient (Wildman–Crippen LogP) is 4.95. The molecule has 1 heterocycles. The third-order valence-electron chi connectivity index (χ3n) is 5.32. The summed E-state index contributed by atoms with van der Waals surface area (Å²) in [6.45, 7) is 9.82. The molecule has 0 saturated carbocycles. The Morgan fingerprint density at radius 1 is 1.31 bits per heavy atom. The van der Waals surface area contributed by atoms with Crippen molar-refractivity contribution in [3.8, 4) is 0 Å². The molecule has 1 saturated heterocycles. The lowest BCUT2D eigenvalue weighted by Crippen LogP contribution is -2.25. The zero-order valence-corrected chi connectivity index (χ0v) is 16.8. The van der Waals surface area contributed by atoms with E-state index < -0.39 is 5.41 Å². The highest BCUT2D eigenvalue weighted by Gasteiger charge is 2.27. The van der Waals surface area contributed by atoms with Crippen LogP contribution in [0.2, 0.25) is 0 Å². The first-order chi connectivity index (χ1) is 12.4. The van der Waals surface area contributed by atoms with Gasteiger partial charge in [0.1, 0.15) is 6.61 Å². The van der Waals surface area contributed by atoms with Gasteiger partial charge in [-0.3, -0.25) is 4.79 Å². The van der Waals surface area contributed by atoms with Gasteiger partial charge >= 0.3 is 5.97 Å². The van der Waals surface area contributed by atoms with Crippen LogP contribution < -0.4 is 0 Å². The Bertz CT molecular complexity index is 574. The number of rotatable bonds is 9. The summed E-state index contributed by atoms with van der Waals surface area (Å²) < 4.78 is 17.0. The summed E-state index contributed by atoms with van der Waals surface area (Å²) in [6, 6.07) is 6.20. The van der Waals surface area contributed by atoms with Gasteiger partial charge in [-0.15, -0.1) is 0 Å². The van der Waals surface area contributed by atoms with E-state index in [0.29, 0.717) is 13.2 Å². The monoisotopic (exact) mass is 362 g/mol. The molecule has 1 aliphatic heterocycles. The van der Waals surface area contributed by atoms with Gasteiger partial charge in [-0.1, -0.05) is 25.1 Å². The molecule has 4 nitrogen and oxygen atoms in total. The van der Waals surface area contributed by atoms with Crippen molar-refractivity contribution in [1.82, 2.24) is 0 Å². The molecule has 0 radical (unpaired) electrons. The maximum Gasteiger partial charge on any atom is 0.311 e. The fraction of sp³-hybridized carbons (Fsp3) is 0.682. The minimum Gasteiger partial charge on any atom is -0.460 e. The van der Waals surface area contributed by atoms with Crippen LogP contribution in [0.1, 0.15) is 69.6 Å². The Morgan fingerprint density at radius 3 is 2.81 bits per heavy atom. The first-order valence-corrected chi connectivity index (χ1v) is 9.92. The number of hydrogen-bond donors (Lipinski definition) is 0. The average molecular weight is 363 g/mol. The molecule has 1 atom stereocenters. The normalized spacial score (nSPS) is 17.9. The van der Waals surface area contributed by atoms with Crippen molar-refractivity contribution >= 4 is 5.97 Å². The number of ether oxygens (including phenoxy) is 3. The van der Waals surface area contributed by atoms with Crippen LogP contribution in [0.4, 0.5) is 0 Å². The van der Waals surface area contributed by atoms with Crippen LogP contribution in [0, 0.1) is 12.3 Å². The molecular weight excluding hydrogens is 328 g/mol. The standard InChI is InChI=1S/C22H34O4/c1-5-22(3,4)21(23)26-16-18-11-8-10-17(2)19(18)12-9-15-25-20-13-6-7-14-24-20/h8,10-11,20H,5-7,9,12-16H2,1-4H3. The molecule has 1 aromatic carbocycles. The summed E-state index contributed by atoms with van der Waals surface area (Å²) in [5, 5.41) is 0. The van der Waals surface area contributed by atoms with Gasteiger partial charge in [0.15, 0.2) is 6.29 Å². The number of carbonyl (C=O) groups is 1. The maximum absolute atomic E-state index is 12.2. The van der Waals surface area contributed by atoms with E-state index >= 15 is 0 Å². The van der Waals surface area contributed by atoms with Gasteiger partial charge in [0.25, 0.3) is 0 Å². The smallest absolute Gasteiger partial charge is 0.311 e. The average Bonchev–Trinajstić information content (AvgIpc) is 2.65. The van der Waals surface area contributed by atoms with E-state index in [2.05, 4.69) is 19.1 Å². The summed E-state index contributed by atoms with van der Waals surface area (Å²) in [5.74, 6) is -0.134. The Balaban J connectivity index is 1.86. The van der Waals surface area contributed by atoms with Gasteiger partial charge in [-0.2, -0.15) is 0 Å². The van der Waals surface area contributed by atoms with Crippen LogP contribution in [0.25, 0.3) is 0 Å². The van der Waals surface area contributed by atoms with Crippen LogP contribution in [0.15, 0.2) is 18.2 Å². The second kappa shape index (κ2) is 10.1. The number of hydrogen-bond acceptors (Lipinski definition) is 4. The highest BCUT2D eigenvalue weighted by Crippen LogP contribution is 2.24. The van der Waals surface area contributed by atoms with Gasteiger partial charge in [0, 0.05) is 6.61 Å². The maximum atomic E-state index is 12.2. The Kier molecular flexibility index (Phi) is 8.11. The third-order valence-corrected chi connectivity index (χ3v) is 5.32. The Hall–Kier alpha value is -1.39. The summed E-state index contributed by atoms with van der Waals surface area (Å²) in [5.41, 5.74) is 3.17. The SMILES string of the molecule is CCC(C)(C)C(=O)OCc1cccc(C)c1CCCOC1CCCCO1. The highest BCUT2D eigenvalue weighted by atomic mass is 16.7. The largest absolute Gasteiger partial charge is 0.460 e. The molecule has 0 aliphatic carbocycles. The zero-order chi connectivity index (χ0) is 19.0. The molecule has 4 heteroatoms. The zero-order valence-electron chi connectivity index (χ0n) is 16.8. The lowest BCUT2D eigenvalue weighted by Gasteiger charge is -2.23. The van der Waals surface area contributed by atoms with Gasteiger partial charge in [0.2, 0.25) is 0 Å². The molecule has 1 aromatic rings. The molecule has 0 spiro atoms. The number of esters is 1. The molecule has 146 valence electrons. The molecule has 0 aromatic heterocycles. The van der Waals surface area contributed by atoms with Gasteiger partial charge in [-0.05, 0) is 76.0 Å². The first kappa shape index (κ1) is 20.9. The van der Waals surface area contributed by atoms with Crippen molar-refractivity contribution in [2.75, 3.05) is 13.2 Å². The number of aryl methyl sites for hydroxylation is 1. The number of carbonyl (C=O) groups excluding carboxylic acids is 1. The van der Waals surface area contributed by atoms with E-state index in [9.17, 15) is 4.79 Å². The Morgan fingerprint density at radius 2 is 2.12 bits per heavy atom. The highest BCUT2D eigenvalue weighted by molar-refractivity contribution is 5.75. The lowest BCUT2D eigenvalue weighted by molar-refractivity contribution is -0.162. The number of benzene rings is 1. The van der Waals surface area contributed by atoms with Crippen molar-refractivity contribution in [3.63, 3.8) is 0 Å². The molecule has 1 aliphatic rings. The lowest BCUT2D eigenvalue weighted by atomic mass is 9.90. The minimum absolute atomic E-state index is 0.0303. The molecule has 1 unspecified atom stereocenters. The Labute approximate surface area is 158 Å². The van der Waals surface area contributed by atoms with Crippen molar-refractivity contribution in [3.05, 3.63) is 34.9 Å². The van der Waals surface area contributed by atoms with Gasteiger partial charge in [-0.25, -0.2) is 0 Å². The minimum atomic E-state index is -0.433. The van der Waals surface area contributed by atoms with Crippen LogP contribution >= 0.6 is 0 Å². The third kappa shape index (κ3) is 6.10. The molecule has 0 N–H and O–H groups in total. The first-order valence-electron chi connectivity index (χ1n) is 9.92. The molecular formula is C22H34O4. The van der Waals surface area contributed by atoms with Crippen LogP contribution in [0.5, 0.6) is 0 Å². The van der Waals surface area contributed by atoms with E-state index in [-0.39, 0.29) is 12.3 Å². The molecule has 0 amide bonds. The summed E-state index contributed by atoms with van der Waals surface area (Å²) in [7, 11) is 0. The van der Waals surface area contributed by atoms with Crippen LogP contribution in [-0.4, -0.2) is 25.5 Å². The molecule has 2 rings (SSSR count). The quantitative estimate of drug-likeness (QED) is 0.460. The van der Waals surface area contributed by atoms with Crippen molar-refractivity contribution in [2.24, 2.45) is 5.41 Å². The van der Waals surface area contributed by atoms with E-state index in [0.717, 1.165) is 44.3 Å². The summed E-state index contributed by atoms with van der Waals surface area (Å²) in [6.07, 6.45) is 5.92. The van der Waals surface area contributed by atoms with Gasteiger partial charge in [0.05, 0.1) is 12.0 Å². The summed E-state index contributed by atoms with van der Waals surface area (Å²) in [4.78, 5) is 12.2. The van der Waals surface area contributed by atoms with E-state index in [1.165, 1.54) is 17.5 Å². The predicted molar refractivity (Wildman–Crippen MR) is 103 cm³/mol. The van der Waals surface area contributed by atoms with Crippen molar-refractivity contribution < 1.29 is 19.0 Å². The topological polar surface area (TPSA) is 44.8 Å². The second-order valence-electron chi connectivity index (χ2n) is 7.80. The van der Waals surface area contributed by atoms with E-state index in [1.54, 1.807) is 0 Å². The second-order valence-corrected chi connectivity index (χ2v) is 7.80.